The molecule has 2 aromatic heterocycles. The van der Waals surface area contributed by atoms with Gasteiger partial charge in [-0.05, 0) is 49.2 Å². The Balaban J connectivity index is 1.50. The van der Waals surface area contributed by atoms with E-state index in [1.807, 2.05) is 60.1 Å². The van der Waals surface area contributed by atoms with Crippen LogP contribution in [0.1, 0.15) is 29.6 Å². The Kier molecular flexibility index (Phi) is 8.15. The minimum Gasteiger partial charge on any atom is -0.497 e. The summed E-state index contributed by atoms with van der Waals surface area (Å²) in [6.07, 6.45) is 0.783. The maximum atomic E-state index is 11.9. The first-order valence-corrected chi connectivity index (χ1v) is 12.4. The van der Waals surface area contributed by atoms with E-state index in [9.17, 15) is 4.79 Å². The van der Waals surface area contributed by atoms with Crippen LogP contribution in [0.3, 0.4) is 0 Å². The van der Waals surface area contributed by atoms with Crippen molar-refractivity contribution in [1.29, 1.82) is 0 Å². The quantitative estimate of drug-likeness (QED) is 0.230. The van der Waals surface area contributed by atoms with Crippen LogP contribution in [0.25, 0.3) is 11.0 Å². The molecule has 7 nitrogen and oxygen atoms in total. The topological polar surface area (TPSA) is 71.8 Å². The van der Waals surface area contributed by atoms with Gasteiger partial charge in [0, 0.05) is 30.5 Å². The maximum Gasteiger partial charge on any atom is 0.306 e. The lowest BCUT2D eigenvalue weighted by Gasteiger charge is -2.14. The van der Waals surface area contributed by atoms with Crippen molar-refractivity contribution in [2.75, 3.05) is 13.7 Å². The Bertz CT molecular complexity index is 1320. The van der Waals surface area contributed by atoms with Gasteiger partial charge in [-0.2, -0.15) is 0 Å². The molecule has 2 aromatic carbocycles. The van der Waals surface area contributed by atoms with Crippen LogP contribution in [0.5, 0.6) is 17.2 Å². The van der Waals surface area contributed by atoms with Gasteiger partial charge in [-0.25, -0.2) is 4.98 Å². The third-order valence-corrected chi connectivity index (χ3v) is 6.69. The highest BCUT2D eigenvalue weighted by atomic mass is 35.5. The number of hydrogen-bond donors (Lipinski definition) is 0. The molecule has 0 radical (unpaired) electrons. The molecule has 0 fully saturated rings. The molecule has 4 rings (SSSR count). The molecule has 184 valence electrons. The summed E-state index contributed by atoms with van der Waals surface area (Å²) in [7, 11) is 3.59. The number of imidazole rings is 1. The number of methoxy groups -OCH3 is 1. The fourth-order valence-corrected chi connectivity index (χ4v) is 4.64. The fraction of sp³-hybridized carbons (Fsp3) is 0.308. The van der Waals surface area contributed by atoms with Gasteiger partial charge >= 0.3 is 5.97 Å². The molecule has 0 bridgehead atoms. The Morgan fingerprint density at radius 1 is 1.06 bits per heavy atom. The first-order chi connectivity index (χ1) is 17.0. The number of ether oxygens (including phenoxy) is 4. The van der Waals surface area contributed by atoms with Gasteiger partial charge in [0.25, 0.3) is 0 Å². The van der Waals surface area contributed by atoms with Crippen LogP contribution in [0.4, 0.5) is 0 Å². The molecule has 2 heterocycles. The van der Waals surface area contributed by atoms with Crippen molar-refractivity contribution in [3.63, 3.8) is 0 Å². The average Bonchev–Trinajstić information content (AvgIpc) is 3.42. The minimum atomic E-state index is -0.234. The molecule has 0 atom stereocenters. The number of thiophene rings is 1. The number of halogens is 1. The van der Waals surface area contributed by atoms with E-state index in [1.165, 1.54) is 11.3 Å². The van der Waals surface area contributed by atoms with Crippen LogP contribution in [0.15, 0.2) is 48.5 Å². The van der Waals surface area contributed by atoms with Crippen LogP contribution in [-0.4, -0.2) is 29.2 Å². The zero-order chi connectivity index (χ0) is 24.8. The first-order valence-electron chi connectivity index (χ1n) is 11.2. The normalized spacial score (nSPS) is 11.0. The summed E-state index contributed by atoms with van der Waals surface area (Å²) in [5.41, 5.74) is 2.75. The van der Waals surface area contributed by atoms with Crippen LogP contribution in [0.2, 0.25) is 4.34 Å². The third-order valence-electron chi connectivity index (χ3n) is 5.49. The summed E-state index contributed by atoms with van der Waals surface area (Å²) >= 11 is 7.52. The molecule has 0 N–H and O–H groups in total. The zero-order valence-corrected chi connectivity index (χ0v) is 21.4. The average molecular weight is 515 g/mol. The summed E-state index contributed by atoms with van der Waals surface area (Å²) in [6, 6.07) is 15.2. The van der Waals surface area contributed by atoms with Gasteiger partial charge in [0.1, 0.15) is 36.3 Å². The molecule has 0 amide bonds. The minimum absolute atomic E-state index is 0.234. The highest BCUT2D eigenvalue weighted by Crippen LogP contribution is 2.30. The molecule has 0 unspecified atom stereocenters. The summed E-state index contributed by atoms with van der Waals surface area (Å²) in [5.74, 6) is 2.64. The number of rotatable bonds is 11. The Morgan fingerprint density at radius 2 is 1.89 bits per heavy atom. The molecule has 35 heavy (non-hydrogen) atoms. The molecule has 0 saturated carbocycles. The number of fused-ring (bicyclic) bond motifs is 1. The summed E-state index contributed by atoms with van der Waals surface area (Å²) in [5, 5.41) is 0. The van der Waals surface area contributed by atoms with Crippen LogP contribution in [0, 0.1) is 0 Å². The standard InChI is InChI=1S/C26H27ClN2O5S/c1-4-32-26(30)12-6-17-5-7-19(14-23(17)34-15-20-9-11-24(27)35-20)33-16-25-28-21-10-8-18(31-3)13-22(21)29(25)2/h5,7-11,13-14H,4,6,12,15-16H2,1-3H3. The van der Waals surface area contributed by atoms with Crippen molar-refractivity contribution in [2.24, 2.45) is 7.05 Å². The fourth-order valence-electron chi connectivity index (χ4n) is 3.64. The predicted octanol–water partition coefficient (Wildman–Crippen LogP) is 5.95. The molecular formula is C26H27ClN2O5S. The maximum absolute atomic E-state index is 11.9. The highest BCUT2D eigenvalue weighted by Gasteiger charge is 2.13. The second-order valence-electron chi connectivity index (χ2n) is 7.80. The van der Waals surface area contributed by atoms with Gasteiger partial charge in [0.2, 0.25) is 0 Å². The van der Waals surface area contributed by atoms with E-state index in [0.29, 0.717) is 35.5 Å². The number of carbonyl (C=O) groups excluding carboxylic acids is 1. The van der Waals surface area contributed by atoms with Gasteiger partial charge in [-0.3, -0.25) is 4.79 Å². The monoisotopic (exact) mass is 514 g/mol. The number of carbonyl (C=O) groups is 1. The van der Waals surface area contributed by atoms with E-state index in [1.54, 1.807) is 14.0 Å². The Morgan fingerprint density at radius 3 is 2.63 bits per heavy atom. The number of hydrogen-bond acceptors (Lipinski definition) is 7. The largest absolute Gasteiger partial charge is 0.497 e. The molecule has 9 heteroatoms. The van der Waals surface area contributed by atoms with Crippen molar-refractivity contribution < 1.29 is 23.7 Å². The number of esters is 1. The van der Waals surface area contributed by atoms with Crippen LogP contribution in [-0.2, 0) is 36.2 Å². The Hall–Kier alpha value is -3.23. The van der Waals surface area contributed by atoms with Gasteiger partial charge in [-0.15, -0.1) is 11.3 Å². The third kappa shape index (κ3) is 6.26. The van der Waals surface area contributed by atoms with Crippen molar-refractivity contribution in [2.45, 2.75) is 33.0 Å². The summed E-state index contributed by atoms with van der Waals surface area (Å²) in [6.45, 7) is 2.82. The number of nitrogens with zero attached hydrogens (tertiary/aromatic N) is 2. The van der Waals surface area contributed by atoms with Crippen molar-refractivity contribution in [1.82, 2.24) is 9.55 Å². The molecule has 0 aliphatic carbocycles. The van der Waals surface area contributed by atoms with Crippen molar-refractivity contribution >= 4 is 39.9 Å². The van der Waals surface area contributed by atoms with E-state index in [4.69, 9.17) is 30.5 Å². The van der Waals surface area contributed by atoms with E-state index in [2.05, 4.69) is 4.98 Å². The lowest BCUT2D eigenvalue weighted by Crippen LogP contribution is -2.07. The zero-order valence-electron chi connectivity index (χ0n) is 19.9. The SMILES string of the molecule is CCOC(=O)CCc1ccc(OCc2nc3ccc(OC)cc3n2C)cc1OCc1ccc(Cl)s1. The molecule has 0 saturated heterocycles. The number of aromatic nitrogens is 2. The smallest absolute Gasteiger partial charge is 0.306 e. The molecule has 0 aliphatic heterocycles. The van der Waals surface area contributed by atoms with E-state index >= 15 is 0 Å². The first kappa shape index (κ1) is 24.9. The predicted molar refractivity (Wildman–Crippen MR) is 137 cm³/mol. The van der Waals surface area contributed by atoms with Crippen molar-refractivity contribution in [3.8, 4) is 17.2 Å². The summed E-state index contributed by atoms with van der Waals surface area (Å²) < 4.78 is 25.3. The van der Waals surface area contributed by atoms with Crippen molar-refractivity contribution in [3.05, 3.63) is 69.1 Å². The van der Waals surface area contributed by atoms with Gasteiger partial charge in [0.15, 0.2) is 0 Å². The lowest BCUT2D eigenvalue weighted by atomic mass is 10.1. The lowest BCUT2D eigenvalue weighted by molar-refractivity contribution is -0.143. The highest BCUT2D eigenvalue weighted by molar-refractivity contribution is 7.16. The molecule has 0 aliphatic rings. The van der Waals surface area contributed by atoms with Crippen LogP contribution < -0.4 is 14.2 Å². The van der Waals surface area contributed by atoms with E-state index < -0.39 is 0 Å². The number of aryl methyl sites for hydroxylation is 2. The summed E-state index contributed by atoms with van der Waals surface area (Å²) in [4.78, 5) is 17.5. The molecule has 4 aromatic rings. The molecule has 0 spiro atoms. The van der Waals surface area contributed by atoms with Gasteiger partial charge in [0.05, 0.1) is 29.1 Å². The molecular weight excluding hydrogens is 488 g/mol. The van der Waals surface area contributed by atoms with Crippen LogP contribution >= 0.6 is 22.9 Å². The van der Waals surface area contributed by atoms with E-state index in [-0.39, 0.29) is 19.0 Å². The van der Waals surface area contributed by atoms with E-state index in [0.717, 1.165) is 33.0 Å². The second-order valence-corrected chi connectivity index (χ2v) is 9.60. The van der Waals surface area contributed by atoms with Gasteiger partial charge in [-0.1, -0.05) is 17.7 Å². The van der Waals surface area contributed by atoms with Gasteiger partial charge < -0.3 is 23.5 Å². The second kappa shape index (κ2) is 11.5. The number of benzene rings is 2. The Labute approximate surface area is 213 Å².